The highest BCUT2D eigenvalue weighted by molar-refractivity contribution is 6.36. The molecule has 156 valence electrons. The molecule has 5 nitrogen and oxygen atoms in total. The fourth-order valence-corrected chi connectivity index (χ4v) is 3.63. The molecular formula is C26H24N2O3. The van der Waals surface area contributed by atoms with Crippen LogP contribution in [0, 0.1) is 13.8 Å². The average molecular weight is 412 g/mol. The van der Waals surface area contributed by atoms with Crippen LogP contribution in [-0.4, -0.2) is 23.8 Å². The van der Waals surface area contributed by atoms with Crippen molar-refractivity contribution in [2.45, 2.75) is 20.4 Å². The molecule has 1 heterocycles. The molecule has 3 aromatic carbocycles. The van der Waals surface area contributed by atoms with Gasteiger partial charge >= 0.3 is 0 Å². The second-order valence-corrected chi connectivity index (χ2v) is 7.60. The topological polar surface area (TPSA) is 58.6 Å². The summed E-state index contributed by atoms with van der Waals surface area (Å²) >= 11 is 0. The zero-order valence-electron chi connectivity index (χ0n) is 17.8. The zero-order chi connectivity index (χ0) is 22.0. The third-order valence-corrected chi connectivity index (χ3v) is 5.38. The molecule has 2 amide bonds. The Bertz CT molecular complexity index is 1170. The van der Waals surface area contributed by atoms with E-state index in [-0.39, 0.29) is 18.4 Å². The number of carbonyl (C=O) groups excluding carboxylic acids is 2. The fourth-order valence-electron chi connectivity index (χ4n) is 3.63. The summed E-state index contributed by atoms with van der Waals surface area (Å²) in [5.74, 6) is 0.0405. The van der Waals surface area contributed by atoms with Crippen LogP contribution in [0.3, 0.4) is 0 Å². The first kappa shape index (κ1) is 20.4. The number of hydrogen-bond donors (Lipinski definition) is 1. The molecule has 4 rings (SSSR count). The normalized spacial score (nSPS) is 13.7. The van der Waals surface area contributed by atoms with Crippen LogP contribution in [0.5, 0.6) is 5.75 Å². The van der Waals surface area contributed by atoms with Crippen molar-refractivity contribution >= 4 is 23.1 Å². The Hall–Kier alpha value is -3.86. The van der Waals surface area contributed by atoms with Crippen molar-refractivity contribution < 1.29 is 14.3 Å². The van der Waals surface area contributed by atoms with E-state index in [2.05, 4.69) is 5.32 Å². The van der Waals surface area contributed by atoms with E-state index >= 15 is 0 Å². The first-order chi connectivity index (χ1) is 15.0. The van der Waals surface area contributed by atoms with Crippen LogP contribution in [0.2, 0.25) is 0 Å². The number of rotatable bonds is 6. The van der Waals surface area contributed by atoms with Crippen molar-refractivity contribution in [3.8, 4) is 5.75 Å². The number of hydrogen-bond acceptors (Lipinski definition) is 4. The molecule has 0 fully saturated rings. The van der Waals surface area contributed by atoms with Gasteiger partial charge < -0.3 is 10.1 Å². The van der Waals surface area contributed by atoms with Crippen LogP contribution in [0.25, 0.3) is 5.57 Å². The van der Waals surface area contributed by atoms with Gasteiger partial charge in [-0.15, -0.1) is 0 Å². The molecule has 1 aliphatic rings. The summed E-state index contributed by atoms with van der Waals surface area (Å²) in [6, 6.07) is 22.7. The third kappa shape index (κ3) is 4.08. The maximum atomic E-state index is 13.4. The lowest BCUT2D eigenvalue weighted by Crippen LogP contribution is -2.32. The van der Waals surface area contributed by atoms with Gasteiger partial charge in [0.05, 0.1) is 19.2 Å². The summed E-state index contributed by atoms with van der Waals surface area (Å²) in [5.41, 5.74) is 5.09. The zero-order valence-corrected chi connectivity index (χ0v) is 17.8. The lowest BCUT2D eigenvalue weighted by atomic mass is 10.0. The lowest BCUT2D eigenvalue weighted by Gasteiger charge is -2.16. The van der Waals surface area contributed by atoms with E-state index < -0.39 is 0 Å². The van der Waals surface area contributed by atoms with Crippen molar-refractivity contribution in [2.24, 2.45) is 0 Å². The van der Waals surface area contributed by atoms with Gasteiger partial charge in [-0.05, 0) is 54.3 Å². The van der Waals surface area contributed by atoms with Gasteiger partial charge in [-0.3, -0.25) is 14.5 Å². The number of nitrogens with zero attached hydrogens (tertiary/aromatic N) is 1. The van der Waals surface area contributed by atoms with Gasteiger partial charge in [-0.25, -0.2) is 0 Å². The summed E-state index contributed by atoms with van der Waals surface area (Å²) < 4.78 is 5.24. The summed E-state index contributed by atoms with van der Waals surface area (Å²) in [6.45, 7) is 4.18. The van der Waals surface area contributed by atoms with Crippen LogP contribution in [0.1, 0.15) is 22.3 Å². The third-order valence-electron chi connectivity index (χ3n) is 5.38. The number of benzene rings is 3. The Balaban J connectivity index is 1.77. The highest BCUT2D eigenvalue weighted by atomic mass is 16.5. The quantitative estimate of drug-likeness (QED) is 0.596. The molecule has 0 radical (unpaired) electrons. The Kier molecular flexibility index (Phi) is 5.58. The van der Waals surface area contributed by atoms with Gasteiger partial charge in [0.25, 0.3) is 11.8 Å². The predicted molar refractivity (Wildman–Crippen MR) is 121 cm³/mol. The Labute approximate surface area is 182 Å². The number of methoxy groups -OCH3 is 1. The molecule has 31 heavy (non-hydrogen) atoms. The van der Waals surface area contributed by atoms with Gasteiger partial charge in [0.2, 0.25) is 0 Å². The molecule has 1 aliphatic heterocycles. The largest absolute Gasteiger partial charge is 0.497 e. The highest BCUT2D eigenvalue weighted by Gasteiger charge is 2.39. The second-order valence-electron chi connectivity index (χ2n) is 7.60. The van der Waals surface area contributed by atoms with E-state index in [0.29, 0.717) is 22.6 Å². The first-order valence-corrected chi connectivity index (χ1v) is 10.1. The van der Waals surface area contributed by atoms with Crippen LogP contribution >= 0.6 is 0 Å². The van der Waals surface area contributed by atoms with E-state index in [4.69, 9.17) is 4.74 Å². The summed E-state index contributed by atoms with van der Waals surface area (Å²) in [5, 5.41) is 3.26. The number of amides is 2. The molecule has 0 aliphatic carbocycles. The number of imide groups is 1. The molecule has 0 spiro atoms. The highest BCUT2D eigenvalue weighted by Crippen LogP contribution is 2.33. The van der Waals surface area contributed by atoms with Gasteiger partial charge in [0.15, 0.2) is 0 Å². The van der Waals surface area contributed by atoms with Gasteiger partial charge in [0.1, 0.15) is 11.4 Å². The minimum atomic E-state index is -0.333. The molecular weight excluding hydrogens is 388 g/mol. The lowest BCUT2D eigenvalue weighted by molar-refractivity contribution is -0.137. The van der Waals surface area contributed by atoms with E-state index in [1.165, 1.54) is 4.90 Å². The molecule has 1 N–H and O–H groups in total. The van der Waals surface area contributed by atoms with Crippen LogP contribution in [0.4, 0.5) is 5.69 Å². The standard InChI is InChI=1S/C26H24N2O3/c1-17-9-10-18(2)22(15-17)27-24-23(20-11-13-21(31-3)14-12-20)25(29)28(26(24)30)16-19-7-5-4-6-8-19/h4-15,27H,16H2,1-3H3. The summed E-state index contributed by atoms with van der Waals surface area (Å²) in [4.78, 5) is 28.1. The Morgan fingerprint density at radius 1 is 0.871 bits per heavy atom. The van der Waals surface area contributed by atoms with Crippen molar-refractivity contribution in [3.63, 3.8) is 0 Å². The molecule has 0 saturated carbocycles. The van der Waals surface area contributed by atoms with Crippen molar-refractivity contribution in [2.75, 3.05) is 12.4 Å². The monoisotopic (exact) mass is 412 g/mol. The smallest absolute Gasteiger partial charge is 0.278 e. The van der Waals surface area contributed by atoms with Crippen LogP contribution in [-0.2, 0) is 16.1 Å². The second kappa shape index (κ2) is 8.48. The first-order valence-electron chi connectivity index (χ1n) is 10.1. The maximum absolute atomic E-state index is 13.4. The van der Waals surface area contributed by atoms with E-state index in [1.54, 1.807) is 31.4 Å². The van der Waals surface area contributed by atoms with Gasteiger partial charge in [0, 0.05) is 5.69 Å². The molecule has 0 bridgehead atoms. The fraction of sp³-hybridized carbons (Fsp3) is 0.154. The number of nitrogens with one attached hydrogen (secondary N) is 1. The molecule has 3 aromatic rings. The minimum absolute atomic E-state index is 0.218. The van der Waals surface area contributed by atoms with Crippen LogP contribution in [0.15, 0.2) is 78.5 Å². The molecule has 0 aromatic heterocycles. The van der Waals surface area contributed by atoms with E-state index in [1.807, 2.05) is 62.4 Å². The summed E-state index contributed by atoms with van der Waals surface area (Å²) in [6.07, 6.45) is 0. The number of ether oxygens (including phenoxy) is 1. The van der Waals surface area contributed by atoms with E-state index in [0.717, 1.165) is 22.4 Å². The van der Waals surface area contributed by atoms with E-state index in [9.17, 15) is 9.59 Å². The van der Waals surface area contributed by atoms with Gasteiger partial charge in [-0.1, -0.05) is 54.6 Å². The number of carbonyl (C=O) groups is 2. The van der Waals surface area contributed by atoms with Crippen LogP contribution < -0.4 is 10.1 Å². The molecule has 5 heteroatoms. The average Bonchev–Trinajstić information content (AvgIpc) is 3.01. The maximum Gasteiger partial charge on any atom is 0.278 e. The molecule has 0 saturated heterocycles. The Morgan fingerprint density at radius 3 is 2.26 bits per heavy atom. The van der Waals surface area contributed by atoms with Crippen molar-refractivity contribution in [3.05, 3.63) is 101 Å². The molecule has 0 atom stereocenters. The predicted octanol–water partition coefficient (Wildman–Crippen LogP) is 4.70. The SMILES string of the molecule is COc1ccc(C2=C(Nc3cc(C)ccc3C)C(=O)N(Cc3ccccc3)C2=O)cc1. The minimum Gasteiger partial charge on any atom is -0.497 e. The summed E-state index contributed by atoms with van der Waals surface area (Å²) in [7, 11) is 1.59. The van der Waals surface area contributed by atoms with Crippen molar-refractivity contribution in [1.29, 1.82) is 0 Å². The molecule has 0 unspecified atom stereocenters. The number of aryl methyl sites for hydroxylation is 2. The van der Waals surface area contributed by atoms with Crippen molar-refractivity contribution in [1.82, 2.24) is 4.90 Å². The Morgan fingerprint density at radius 2 is 1.58 bits per heavy atom. The van der Waals surface area contributed by atoms with Gasteiger partial charge in [-0.2, -0.15) is 0 Å². The number of anilines is 1.